The summed E-state index contributed by atoms with van der Waals surface area (Å²) in [6.07, 6.45) is 0. The second-order valence-electron chi connectivity index (χ2n) is 6.14. The molecular weight excluding hydrogens is 328 g/mol. The molecule has 4 aromatic rings. The number of esters is 1. The molecule has 0 atom stereocenters. The molecule has 5 heteroatoms. The van der Waals surface area contributed by atoms with Gasteiger partial charge in [0, 0.05) is 29.7 Å². The zero-order chi connectivity index (χ0) is 18.3. The molecule has 2 aromatic heterocycles. The number of ether oxygens (including phenoxy) is 1. The molecule has 0 spiro atoms. The van der Waals surface area contributed by atoms with Crippen molar-refractivity contribution in [3.63, 3.8) is 0 Å². The van der Waals surface area contributed by atoms with Gasteiger partial charge in [0.1, 0.15) is 5.69 Å². The Bertz CT molecular complexity index is 1190. The summed E-state index contributed by atoms with van der Waals surface area (Å²) in [4.78, 5) is 27.7. The Kier molecular flexibility index (Phi) is 3.84. The molecule has 2 aromatic carbocycles. The molecule has 0 aliphatic rings. The lowest BCUT2D eigenvalue weighted by atomic mass is 10.1. The van der Waals surface area contributed by atoms with E-state index in [1.165, 1.54) is 6.07 Å². The number of hydrogen-bond donors (Lipinski definition) is 1. The van der Waals surface area contributed by atoms with Gasteiger partial charge in [-0.05, 0) is 30.7 Å². The molecule has 0 amide bonds. The topological polar surface area (TPSA) is 64.1 Å². The van der Waals surface area contributed by atoms with Gasteiger partial charge < -0.3 is 14.3 Å². The maximum absolute atomic E-state index is 12.7. The second-order valence-corrected chi connectivity index (χ2v) is 6.14. The summed E-state index contributed by atoms with van der Waals surface area (Å²) >= 11 is 0. The van der Waals surface area contributed by atoms with E-state index in [2.05, 4.69) is 9.55 Å². The normalized spacial score (nSPS) is 11.2. The number of aromatic amines is 1. The molecule has 130 valence electrons. The molecule has 0 unspecified atom stereocenters. The maximum Gasteiger partial charge on any atom is 0.354 e. The van der Waals surface area contributed by atoms with Gasteiger partial charge in [0.25, 0.3) is 0 Å². The first-order chi connectivity index (χ1) is 12.6. The van der Waals surface area contributed by atoms with Gasteiger partial charge in [0.15, 0.2) is 5.43 Å². The van der Waals surface area contributed by atoms with Crippen LogP contribution in [0.3, 0.4) is 0 Å². The first-order valence-corrected chi connectivity index (χ1v) is 8.48. The van der Waals surface area contributed by atoms with Crippen molar-refractivity contribution in [1.29, 1.82) is 0 Å². The van der Waals surface area contributed by atoms with Crippen molar-refractivity contribution >= 4 is 27.8 Å². The maximum atomic E-state index is 12.7. The Labute approximate surface area is 149 Å². The van der Waals surface area contributed by atoms with Crippen LogP contribution in [-0.4, -0.2) is 22.1 Å². The molecular formula is C21H18N2O3. The number of pyridine rings is 1. The Morgan fingerprint density at radius 2 is 1.88 bits per heavy atom. The molecule has 0 bridgehead atoms. The number of aromatic nitrogens is 2. The summed E-state index contributed by atoms with van der Waals surface area (Å²) in [6, 6.07) is 17.2. The minimum absolute atomic E-state index is 0.169. The zero-order valence-electron chi connectivity index (χ0n) is 14.6. The van der Waals surface area contributed by atoms with E-state index in [0.717, 1.165) is 22.2 Å². The third-order valence-electron chi connectivity index (χ3n) is 4.58. The van der Waals surface area contributed by atoms with Crippen LogP contribution in [0.4, 0.5) is 0 Å². The standard InChI is InChI=1S/C21H18N2O3/c1-3-26-21(25)16-12-19(24)20-14-11-18(13-7-5-4-6-8-13)23(2)17(14)10-9-15(20)22-16/h4-12H,3H2,1-2H3,(H,22,24). The smallest absolute Gasteiger partial charge is 0.354 e. The van der Waals surface area contributed by atoms with Crippen LogP contribution in [0, 0.1) is 0 Å². The van der Waals surface area contributed by atoms with Crippen LogP contribution < -0.4 is 5.43 Å². The van der Waals surface area contributed by atoms with Gasteiger partial charge in [-0.25, -0.2) is 4.79 Å². The third-order valence-corrected chi connectivity index (χ3v) is 4.58. The molecule has 0 aliphatic heterocycles. The van der Waals surface area contributed by atoms with Crippen LogP contribution in [-0.2, 0) is 11.8 Å². The van der Waals surface area contributed by atoms with Gasteiger partial charge in [-0.2, -0.15) is 0 Å². The highest BCUT2D eigenvalue weighted by molar-refractivity contribution is 6.08. The largest absolute Gasteiger partial charge is 0.461 e. The lowest BCUT2D eigenvalue weighted by molar-refractivity contribution is 0.0520. The number of carbonyl (C=O) groups excluding carboxylic acids is 1. The van der Waals surface area contributed by atoms with Gasteiger partial charge in [-0.15, -0.1) is 0 Å². The highest BCUT2D eigenvalue weighted by atomic mass is 16.5. The monoisotopic (exact) mass is 346 g/mol. The first kappa shape index (κ1) is 16.1. The summed E-state index contributed by atoms with van der Waals surface area (Å²) in [6.45, 7) is 1.99. The summed E-state index contributed by atoms with van der Waals surface area (Å²) in [7, 11) is 1.98. The summed E-state index contributed by atoms with van der Waals surface area (Å²) in [5.74, 6) is -0.523. The molecule has 1 N–H and O–H groups in total. The van der Waals surface area contributed by atoms with E-state index in [0.29, 0.717) is 10.9 Å². The minimum atomic E-state index is -0.523. The third kappa shape index (κ3) is 2.49. The van der Waals surface area contributed by atoms with Crippen molar-refractivity contribution in [3.8, 4) is 11.3 Å². The second kappa shape index (κ2) is 6.19. The Morgan fingerprint density at radius 3 is 2.62 bits per heavy atom. The molecule has 0 radical (unpaired) electrons. The number of carbonyl (C=O) groups is 1. The quantitative estimate of drug-likeness (QED) is 0.573. The van der Waals surface area contributed by atoms with E-state index in [-0.39, 0.29) is 17.7 Å². The van der Waals surface area contributed by atoms with Crippen LogP contribution >= 0.6 is 0 Å². The van der Waals surface area contributed by atoms with Crippen molar-refractivity contribution in [2.75, 3.05) is 6.61 Å². The van der Waals surface area contributed by atoms with Crippen LogP contribution in [0.1, 0.15) is 17.4 Å². The first-order valence-electron chi connectivity index (χ1n) is 8.48. The summed E-state index contributed by atoms with van der Waals surface area (Å²) < 4.78 is 7.06. The molecule has 0 saturated carbocycles. The predicted octanol–water partition coefficient (Wildman–Crippen LogP) is 3.86. The Morgan fingerprint density at radius 1 is 1.12 bits per heavy atom. The van der Waals surface area contributed by atoms with E-state index < -0.39 is 5.97 Å². The number of nitrogens with one attached hydrogen (secondary N) is 1. The van der Waals surface area contributed by atoms with E-state index in [1.54, 1.807) is 6.92 Å². The molecule has 0 aliphatic carbocycles. The number of hydrogen-bond acceptors (Lipinski definition) is 3. The highest BCUT2D eigenvalue weighted by Crippen LogP contribution is 2.30. The van der Waals surface area contributed by atoms with Gasteiger partial charge in [-0.3, -0.25) is 4.79 Å². The van der Waals surface area contributed by atoms with Crippen LogP contribution in [0.25, 0.3) is 33.1 Å². The zero-order valence-corrected chi connectivity index (χ0v) is 14.6. The molecule has 0 fully saturated rings. The van der Waals surface area contributed by atoms with E-state index in [9.17, 15) is 9.59 Å². The number of benzene rings is 2. The molecule has 5 nitrogen and oxygen atoms in total. The fourth-order valence-corrected chi connectivity index (χ4v) is 3.37. The lowest BCUT2D eigenvalue weighted by Gasteiger charge is -2.06. The van der Waals surface area contributed by atoms with Crippen molar-refractivity contribution < 1.29 is 9.53 Å². The SMILES string of the molecule is CCOC(=O)c1cc(=O)c2c(ccc3c2cc(-c2ccccc2)n3C)[nH]1. The van der Waals surface area contributed by atoms with Crippen LogP contribution in [0.15, 0.2) is 59.4 Å². The summed E-state index contributed by atoms with van der Waals surface area (Å²) in [5.41, 5.74) is 3.67. The number of rotatable bonds is 3. The predicted molar refractivity (Wildman–Crippen MR) is 102 cm³/mol. The Hall–Kier alpha value is -3.34. The number of fused-ring (bicyclic) bond motifs is 3. The molecule has 26 heavy (non-hydrogen) atoms. The van der Waals surface area contributed by atoms with Crippen molar-refractivity contribution in [2.24, 2.45) is 7.05 Å². The Balaban J connectivity index is 1.98. The van der Waals surface area contributed by atoms with Crippen molar-refractivity contribution in [1.82, 2.24) is 9.55 Å². The van der Waals surface area contributed by atoms with E-state index in [1.807, 2.05) is 55.6 Å². The van der Waals surface area contributed by atoms with Crippen LogP contribution in [0.5, 0.6) is 0 Å². The molecule has 2 heterocycles. The van der Waals surface area contributed by atoms with Gasteiger partial charge in [0.2, 0.25) is 0 Å². The number of aryl methyl sites for hydroxylation is 1. The van der Waals surface area contributed by atoms with Crippen molar-refractivity contribution in [2.45, 2.75) is 6.92 Å². The fraction of sp³-hybridized carbons (Fsp3) is 0.143. The van der Waals surface area contributed by atoms with Crippen molar-refractivity contribution in [3.05, 3.63) is 70.5 Å². The van der Waals surface area contributed by atoms with Gasteiger partial charge in [-0.1, -0.05) is 30.3 Å². The average Bonchev–Trinajstić information content (AvgIpc) is 2.99. The molecule has 4 rings (SSSR count). The lowest BCUT2D eigenvalue weighted by Crippen LogP contribution is -2.12. The van der Waals surface area contributed by atoms with Gasteiger partial charge in [0.05, 0.1) is 17.5 Å². The fourth-order valence-electron chi connectivity index (χ4n) is 3.37. The highest BCUT2D eigenvalue weighted by Gasteiger charge is 2.15. The van der Waals surface area contributed by atoms with Gasteiger partial charge >= 0.3 is 5.97 Å². The summed E-state index contributed by atoms with van der Waals surface area (Å²) in [5, 5.41) is 1.44. The number of H-pyrrole nitrogens is 1. The number of nitrogens with zero attached hydrogens (tertiary/aromatic N) is 1. The van der Waals surface area contributed by atoms with E-state index >= 15 is 0 Å². The minimum Gasteiger partial charge on any atom is -0.461 e. The van der Waals surface area contributed by atoms with E-state index in [4.69, 9.17) is 4.74 Å². The average molecular weight is 346 g/mol. The van der Waals surface area contributed by atoms with Crippen LogP contribution in [0.2, 0.25) is 0 Å². The molecule has 0 saturated heterocycles.